The van der Waals surface area contributed by atoms with Crippen LogP contribution in [0.15, 0.2) is 38.2 Å². The van der Waals surface area contributed by atoms with Crippen molar-refractivity contribution in [3.05, 3.63) is 41.7 Å². The Bertz CT molecular complexity index is 983. The number of para-hydroxylation sites is 1. The third-order valence-corrected chi connectivity index (χ3v) is 4.55. The smallest absolute Gasteiger partial charge is 0.228 e. The summed E-state index contributed by atoms with van der Waals surface area (Å²) in [4.78, 5) is 9.02. The summed E-state index contributed by atoms with van der Waals surface area (Å²) in [7, 11) is 0. The second kappa shape index (κ2) is 11.9. The number of nitrogens with one attached hydrogen (secondary N) is 2. The predicted molar refractivity (Wildman–Crippen MR) is 132 cm³/mol. The van der Waals surface area contributed by atoms with Crippen molar-refractivity contribution in [3.63, 3.8) is 0 Å². The van der Waals surface area contributed by atoms with E-state index >= 15 is 0 Å². The molecule has 0 aliphatic carbocycles. The molecule has 1 unspecified atom stereocenters. The van der Waals surface area contributed by atoms with Gasteiger partial charge in [-0.15, -0.1) is 24.0 Å². The first-order chi connectivity index (χ1) is 14.5. The van der Waals surface area contributed by atoms with Crippen LogP contribution in [0.2, 0.25) is 0 Å². The lowest BCUT2D eigenvalue weighted by molar-refractivity contribution is 0.336. The lowest BCUT2D eigenvalue weighted by Gasteiger charge is -2.16. The van der Waals surface area contributed by atoms with Gasteiger partial charge in [-0.3, -0.25) is 4.99 Å². The predicted octanol–water partition coefficient (Wildman–Crippen LogP) is 4.81. The molecule has 0 amide bonds. The number of guanidine groups is 1. The van der Waals surface area contributed by atoms with E-state index in [9.17, 15) is 0 Å². The summed E-state index contributed by atoms with van der Waals surface area (Å²) < 4.78 is 17.0. The number of hydrogen-bond donors (Lipinski definition) is 2. The van der Waals surface area contributed by atoms with Gasteiger partial charge >= 0.3 is 0 Å². The second-order valence-corrected chi connectivity index (χ2v) is 7.33. The van der Waals surface area contributed by atoms with Crippen LogP contribution in [0.4, 0.5) is 0 Å². The van der Waals surface area contributed by atoms with Gasteiger partial charge < -0.3 is 24.3 Å². The molecule has 0 bridgehead atoms. The lowest BCUT2D eigenvalue weighted by atomic mass is 10.2. The molecule has 9 heteroatoms. The number of rotatable bonds is 9. The van der Waals surface area contributed by atoms with Gasteiger partial charge in [0.25, 0.3) is 0 Å². The van der Waals surface area contributed by atoms with Crippen molar-refractivity contribution in [3.8, 4) is 5.75 Å². The highest BCUT2D eigenvalue weighted by molar-refractivity contribution is 14.0. The minimum absolute atomic E-state index is 0. The van der Waals surface area contributed by atoms with Crippen LogP contribution in [-0.4, -0.2) is 35.8 Å². The van der Waals surface area contributed by atoms with E-state index in [1.54, 1.807) is 0 Å². The summed E-state index contributed by atoms with van der Waals surface area (Å²) in [6.07, 6.45) is 0.590. The molecule has 0 spiro atoms. The van der Waals surface area contributed by atoms with Gasteiger partial charge in [0.15, 0.2) is 23.1 Å². The lowest BCUT2D eigenvalue weighted by Crippen LogP contribution is -2.38. The zero-order valence-corrected chi connectivity index (χ0v) is 21.1. The Morgan fingerprint density at radius 1 is 1.23 bits per heavy atom. The summed E-state index contributed by atoms with van der Waals surface area (Å²) >= 11 is 0. The molecule has 3 aromatic rings. The summed E-state index contributed by atoms with van der Waals surface area (Å²) in [5, 5.41) is 11.7. The standard InChI is InChI=1S/C22H31N5O3.HI/c1-6-23-22(24-12-11-19-26-21(14(3)4)27-30-19)25-15(5)18-13-16-9-8-10-17(28-7-2)20(16)29-18;/h8-10,13-15H,6-7,11-12H2,1-5H3,(H2,23,24,25);1H. The maximum Gasteiger partial charge on any atom is 0.228 e. The quantitative estimate of drug-likeness (QED) is 0.228. The van der Waals surface area contributed by atoms with Crippen LogP contribution in [0.5, 0.6) is 5.75 Å². The van der Waals surface area contributed by atoms with Crippen molar-refractivity contribution >= 4 is 40.9 Å². The molecule has 0 radical (unpaired) electrons. The van der Waals surface area contributed by atoms with E-state index in [1.807, 2.05) is 58.9 Å². The van der Waals surface area contributed by atoms with E-state index in [0.29, 0.717) is 31.4 Å². The van der Waals surface area contributed by atoms with Crippen molar-refractivity contribution in [2.45, 2.75) is 53.0 Å². The Hall–Kier alpha value is -2.30. The molecule has 0 saturated carbocycles. The van der Waals surface area contributed by atoms with Crippen LogP contribution in [0.25, 0.3) is 11.0 Å². The topological polar surface area (TPSA) is 97.7 Å². The number of benzene rings is 1. The van der Waals surface area contributed by atoms with Crippen molar-refractivity contribution < 1.29 is 13.7 Å². The molecular formula is C22H32IN5O3. The average molecular weight is 541 g/mol. The molecule has 2 N–H and O–H groups in total. The molecule has 170 valence electrons. The number of ether oxygens (including phenoxy) is 1. The summed E-state index contributed by atoms with van der Waals surface area (Å²) in [6, 6.07) is 7.88. The molecule has 0 saturated heterocycles. The van der Waals surface area contributed by atoms with Crippen molar-refractivity contribution in [2.24, 2.45) is 4.99 Å². The van der Waals surface area contributed by atoms with Gasteiger partial charge in [0, 0.05) is 24.3 Å². The van der Waals surface area contributed by atoms with E-state index < -0.39 is 0 Å². The summed E-state index contributed by atoms with van der Waals surface area (Å²) in [5.74, 6) is 3.86. The molecule has 3 rings (SSSR count). The number of halogens is 1. The Labute approximate surface area is 200 Å². The first-order valence-corrected chi connectivity index (χ1v) is 10.5. The minimum Gasteiger partial charge on any atom is -0.490 e. The zero-order valence-electron chi connectivity index (χ0n) is 18.8. The molecule has 2 aromatic heterocycles. The number of aromatic nitrogens is 2. The van der Waals surface area contributed by atoms with E-state index in [4.69, 9.17) is 13.7 Å². The number of aliphatic imine (C=N–C) groups is 1. The highest BCUT2D eigenvalue weighted by atomic mass is 127. The van der Waals surface area contributed by atoms with Crippen LogP contribution in [-0.2, 0) is 6.42 Å². The van der Waals surface area contributed by atoms with E-state index in [0.717, 1.165) is 34.8 Å². The average Bonchev–Trinajstić information content (AvgIpc) is 3.36. The largest absolute Gasteiger partial charge is 0.490 e. The van der Waals surface area contributed by atoms with Crippen LogP contribution in [0.3, 0.4) is 0 Å². The SMILES string of the molecule is CCNC(=NCCc1nc(C(C)C)no1)NC(C)c1cc2cccc(OCC)c2o1.I. The molecule has 0 aliphatic rings. The van der Waals surface area contributed by atoms with Gasteiger partial charge in [0.2, 0.25) is 5.89 Å². The molecule has 0 fully saturated rings. The molecule has 1 aromatic carbocycles. The summed E-state index contributed by atoms with van der Waals surface area (Å²) in [5.41, 5.74) is 0.766. The Morgan fingerprint density at radius 3 is 2.71 bits per heavy atom. The van der Waals surface area contributed by atoms with Gasteiger partial charge in [0.1, 0.15) is 5.76 Å². The summed E-state index contributed by atoms with van der Waals surface area (Å²) in [6.45, 7) is 12.0. The number of hydrogen-bond acceptors (Lipinski definition) is 6. The molecular weight excluding hydrogens is 509 g/mol. The van der Waals surface area contributed by atoms with E-state index in [2.05, 4.69) is 25.8 Å². The molecule has 31 heavy (non-hydrogen) atoms. The fourth-order valence-electron chi connectivity index (χ4n) is 3.00. The maximum absolute atomic E-state index is 6.09. The highest BCUT2D eigenvalue weighted by Gasteiger charge is 2.16. The molecule has 1 atom stereocenters. The van der Waals surface area contributed by atoms with Gasteiger partial charge in [-0.25, -0.2) is 0 Å². The minimum atomic E-state index is -0.0689. The van der Waals surface area contributed by atoms with Gasteiger partial charge in [-0.05, 0) is 32.9 Å². The zero-order chi connectivity index (χ0) is 21.5. The number of furan rings is 1. The number of nitrogens with zero attached hydrogens (tertiary/aromatic N) is 3. The monoisotopic (exact) mass is 541 g/mol. The second-order valence-electron chi connectivity index (χ2n) is 7.33. The third-order valence-electron chi connectivity index (χ3n) is 4.55. The fraction of sp³-hybridized carbons (Fsp3) is 0.500. The molecule has 8 nitrogen and oxygen atoms in total. The van der Waals surface area contributed by atoms with E-state index in [-0.39, 0.29) is 35.9 Å². The highest BCUT2D eigenvalue weighted by Crippen LogP contribution is 2.31. The van der Waals surface area contributed by atoms with Crippen LogP contribution < -0.4 is 15.4 Å². The number of fused-ring (bicyclic) bond motifs is 1. The Balaban J connectivity index is 0.00000341. The first kappa shape index (κ1) is 25.0. The normalized spacial score (nSPS) is 12.6. The van der Waals surface area contributed by atoms with Crippen LogP contribution >= 0.6 is 24.0 Å². The third kappa shape index (κ3) is 6.59. The van der Waals surface area contributed by atoms with Gasteiger partial charge in [0.05, 0.1) is 19.2 Å². The van der Waals surface area contributed by atoms with E-state index in [1.165, 1.54) is 0 Å². The first-order valence-electron chi connectivity index (χ1n) is 10.5. The van der Waals surface area contributed by atoms with Crippen molar-refractivity contribution in [1.82, 2.24) is 20.8 Å². The van der Waals surface area contributed by atoms with Gasteiger partial charge in [-0.2, -0.15) is 4.98 Å². The molecule has 2 heterocycles. The van der Waals surface area contributed by atoms with Crippen molar-refractivity contribution in [1.29, 1.82) is 0 Å². The van der Waals surface area contributed by atoms with Crippen LogP contribution in [0, 0.1) is 0 Å². The Kier molecular flexibility index (Phi) is 9.60. The maximum atomic E-state index is 6.09. The van der Waals surface area contributed by atoms with Gasteiger partial charge in [-0.1, -0.05) is 31.1 Å². The van der Waals surface area contributed by atoms with Crippen LogP contribution in [0.1, 0.15) is 64.1 Å². The molecule has 0 aliphatic heterocycles. The fourth-order valence-corrected chi connectivity index (χ4v) is 3.00. The van der Waals surface area contributed by atoms with Crippen molar-refractivity contribution in [2.75, 3.05) is 19.7 Å². The Morgan fingerprint density at radius 2 is 2.03 bits per heavy atom.